The molecule has 0 amide bonds. The summed E-state index contributed by atoms with van der Waals surface area (Å²) in [5.41, 5.74) is 3.67. The fourth-order valence-electron chi connectivity index (χ4n) is 1.96. The summed E-state index contributed by atoms with van der Waals surface area (Å²) >= 11 is 1.73. The van der Waals surface area contributed by atoms with Crippen LogP contribution in [-0.4, -0.2) is 19.1 Å². The van der Waals surface area contributed by atoms with Crippen molar-refractivity contribution in [1.29, 1.82) is 0 Å². The highest BCUT2D eigenvalue weighted by Gasteiger charge is 2.06. The Morgan fingerprint density at radius 1 is 1.33 bits per heavy atom. The zero-order chi connectivity index (χ0) is 13.0. The fraction of sp³-hybridized carbons (Fsp3) is 0.357. The molecule has 3 nitrogen and oxygen atoms in total. The fourth-order valence-corrected chi connectivity index (χ4v) is 2.62. The van der Waals surface area contributed by atoms with Crippen molar-refractivity contribution in [3.8, 4) is 0 Å². The Bertz CT molecular complexity index is 494. The van der Waals surface area contributed by atoms with Crippen LogP contribution < -0.4 is 10.2 Å². The monoisotopic (exact) mass is 261 g/mol. The van der Waals surface area contributed by atoms with Gasteiger partial charge in [0.25, 0.3) is 0 Å². The van der Waals surface area contributed by atoms with Crippen molar-refractivity contribution in [2.24, 2.45) is 0 Å². The Morgan fingerprint density at radius 2 is 2.17 bits per heavy atom. The molecule has 0 aliphatic carbocycles. The molecule has 2 rings (SSSR count). The van der Waals surface area contributed by atoms with Crippen LogP contribution in [0.5, 0.6) is 0 Å². The summed E-state index contributed by atoms with van der Waals surface area (Å²) in [4.78, 5) is 6.79. The van der Waals surface area contributed by atoms with E-state index in [1.54, 1.807) is 11.3 Å². The number of aryl methyl sites for hydroxylation is 1. The first-order valence-corrected chi connectivity index (χ1v) is 6.97. The van der Waals surface area contributed by atoms with Gasteiger partial charge in [0, 0.05) is 25.8 Å². The minimum absolute atomic E-state index is 0.878. The SMILES string of the molecule is CNCc1cc(C)nc(N(C)Cc2ccsc2)c1. The van der Waals surface area contributed by atoms with E-state index in [1.807, 2.05) is 14.0 Å². The van der Waals surface area contributed by atoms with E-state index in [0.717, 1.165) is 24.6 Å². The molecule has 0 fully saturated rings. The molecule has 96 valence electrons. The third-order valence-corrected chi connectivity index (χ3v) is 3.50. The maximum absolute atomic E-state index is 4.60. The zero-order valence-corrected chi connectivity index (χ0v) is 11.9. The van der Waals surface area contributed by atoms with Gasteiger partial charge in [-0.15, -0.1) is 0 Å². The summed E-state index contributed by atoms with van der Waals surface area (Å²) in [5.74, 6) is 1.03. The molecule has 0 spiro atoms. The van der Waals surface area contributed by atoms with Gasteiger partial charge in [0.15, 0.2) is 0 Å². The van der Waals surface area contributed by atoms with E-state index >= 15 is 0 Å². The Kier molecular flexibility index (Phi) is 4.33. The second-order valence-corrected chi connectivity index (χ2v) is 5.27. The summed E-state index contributed by atoms with van der Waals surface area (Å²) < 4.78 is 0. The predicted octanol–water partition coefficient (Wildman–Crippen LogP) is 2.81. The van der Waals surface area contributed by atoms with Crippen LogP contribution in [0.25, 0.3) is 0 Å². The molecule has 0 atom stereocenters. The average Bonchev–Trinajstić information content (AvgIpc) is 2.81. The Hall–Kier alpha value is -1.39. The molecule has 0 aliphatic rings. The number of rotatable bonds is 5. The number of pyridine rings is 1. The number of nitrogens with zero attached hydrogens (tertiary/aromatic N) is 2. The van der Waals surface area contributed by atoms with Crippen molar-refractivity contribution in [3.63, 3.8) is 0 Å². The quantitative estimate of drug-likeness (QED) is 0.897. The molecule has 0 saturated carbocycles. The molecule has 0 aromatic carbocycles. The second kappa shape index (κ2) is 5.98. The van der Waals surface area contributed by atoms with Gasteiger partial charge in [-0.25, -0.2) is 4.98 Å². The zero-order valence-electron chi connectivity index (χ0n) is 11.1. The molecular weight excluding hydrogens is 242 g/mol. The summed E-state index contributed by atoms with van der Waals surface area (Å²) in [7, 11) is 4.05. The van der Waals surface area contributed by atoms with Crippen LogP contribution in [-0.2, 0) is 13.1 Å². The molecular formula is C14H19N3S. The number of anilines is 1. The van der Waals surface area contributed by atoms with E-state index in [1.165, 1.54) is 11.1 Å². The van der Waals surface area contributed by atoms with Crippen molar-refractivity contribution < 1.29 is 0 Å². The third-order valence-electron chi connectivity index (χ3n) is 2.77. The van der Waals surface area contributed by atoms with E-state index in [-0.39, 0.29) is 0 Å². The van der Waals surface area contributed by atoms with Crippen LogP contribution in [0.4, 0.5) is 5.82 Å². The standard InChI is InChI=1S/C14H19N3S/c1-11-6-13(8-15-2)7-14(16-11)17(3)9-12-4-5-18-10-12/h4-7,10,15H,8-9H2,1-3H3. The molecule has 0 aliphatic heterocycles. The van der Waals surface area contributed by atoms with Crippen molar-refractivity contribution in [1.82, 2.24) is 10.3 Å². The van der Waals surface area contributed by atoms with E-state index in [4.69, 9.17) is 0 Å². The highest BCUT2D eigenvalue weighted by Crippen LogP contribution is 2.17. The van der Waals surface area contributed by atoms with Gasteiger partial charge in [-0.1, -0.05) is 0 Å². The number of hydrogen-bond donors (Lipinski definition) is 1. The summed E-state index contributed by atoms with van der Waals surface area (Å²) in [5, 5.41) is 7.47. The normalized spacial score (nSPS) is 10.6. The minimum atomic E-state index is 0.878. The van der Waals surface area contributed by atoms with Crippen LogP contribution in [0.2, 0.25) is 0 Å². The predicted molar refractivity (Wildman–Crippen MR) is 78.2 cm³/mol. The summed E-state index contributed by atoms with van der Waals surface area (Å²) in [6, 6.07) is 6.43. The van der Waals surface area contributed by atoms with Crippen molar-refractivity contribution in [2.45, 2.75) is 20.0 Å². The van der Waals surface area contributed by atoms with Crippen molar-refractivity contribution in [2.75, 3.05) is 19.0 Å². The maximum atomic E-state index is 4.60. The van der Waals surface area contributed by atoms with Gasteiger partial charge in [0.1, 0.15) is 5.82 Å². The molecule has 1 N–H and O–H groups in total. The first kappa shape index (κ1) is 13.1. The molecule has 2 aromatic rings. The molecule has 4 heteroatoms. The average molecular weight is 261 g/mol. The molecule has 0 saturated heterocycles. The van der Waals surface area contributed by atoms with E-state index < -0.39 is 0 Å². The Morgan fingerprint density at radius 3 is 2.83 bits per heavy atom. The van der Waals surface area contributed by atoms with Gasteiger partial charge in [0.05, 0.1) is 0 Å². The van der Waals surface area contributed by atoms with Gasteiger partial charge >= 0.3 is 0 Å². The highest BCUT2D eigenvalue weighted by atomic mass is 32.1. The lowest BCUT2D eigenvalue weighted by Gasteiger charge is -2.19. The van der Waals surface area contributed by atoms with Gasteiger partial charge in [-0.2, -0.15) is 11.3 Å². The first-order chi connectivity index (χ1) is 8.69. The van der Waals surface area contributed by atoms with Crippen molar-refractivity contribution in [3.05, 3.63) is 45.8 Å². The largest absolute Gasteiger partial charge is 0.355 e. The number of hydrogen-bond acceptors (Lipinski definition) is 4. The first-order valence-electron chi connectivity index (χ1n) is 6.03. The topological polar surface area (TPSA) is 28.2 Å². The molecule has 18 heavy (non-hydrogen) atoms. The van der Waals surface area contributed by atoms with Crippen LogP contribution in [0.3, 0.4) is 0 Å². The van der Waals surface area contributed by atoms with E-state index in [9.17, 15) is 0 Å². The molecule has 2 aromatic heterocycles. The lowest BCUT2D eigenvalue weighted by atomic mass is 10.2. The van der Waals surface area contributed by atoms with Crippen LogP contribution >= 0.6 is 11.3 Å². The molecule has 0 radical (unpaired) electrons. The van der Waals surface area contributed by atoms with Crippen LogP contribution in [0, 0.1) is 6.92 Å². The number of aromatic nitrogens is 1. The molecule has 0 bridgehead atoms. The third kappa shape index (κ3) is 3.31. The second-order valence-electron chi connectivity index (χ2n) is 4.49. The summed E-state index contributed by atoms with van der Waals surface area (Å²) in [6.07, 6.45) is 0. The molecule has 2 heterocycles. The van der Waals surface area contributed by atoms with Crippen LogP contribution in [0.1, 0.15) is 16.8 Å². The van der Waals surface area contributed by atoms with Gasteiger partial charge in [-0.3, -0.25) is 0 Å². The maximum Gasteiger partial charge on any atom is 0.129 e. The van der Waals surface area contributed by atoms with Gasteiger partial charge in [0.2, 0.25) is 0 Å². The number of thiophene rings is 1. The number of nitrogens with one attached hydrogen (secondary N) is 1. The van der Waals surface area contributed by atoms with E-state index in [0.29, 0.717) is 0 Å². The lowest BCUT2D eigenvalue weighted by Crippen LogP contribution is -2.18. The van der Waals surface area contributed by atoms with Crippen LogP contribution in [0.15, 0.2) is 29.0 Å². The van der Waals surface area contributed by atoms with Crippen molar-refractivity contribution >= 4 is 17.2 Å². The summed E-state index contributed by atoms with van der Waals surface area (Å²) in [6.45, 7) is 3.82. The van der Waals surface area contributed by atoms with E-state index in [2.05, 4.69) is 51.2 Å². The minimum Gasteiger partial charge on any atom is -0.355 e. The Balaban J connectivity index is 2.16. The van der Waals surface area contributed by atoms with Gasteiger partial charge in [-0.05, 0) is 54.1 Å². The Labute approximate surface area is 112 Å². The highest BCUT2D eigenvalue weighted by molar-refractivity contribution is 7.07. The van der Waals surface area contributed by atoms with Gasteiger partial charge < -0.3 is 10.2 Å². The smallest absolute Gasteiger partial charge is 0.129 e. The molecule has 0 unspecified atom stereocenters. The lowest BCUT2D eigenvalue weighted by molar-refractivity contribution is 0.809.